The van der Waals surface area contributed by atoms with Gasteiger partial charge in [0, 0.05) is 22.9 Å². The average Bonchev–Trinajstić information content (AvgIpc) is 3.32. The third-order valence-electron chi connectivity index (χ3n) is 3.95. The molecule has 0 spiro atoms. The highest BCUT2D eigenvalue weighted by atomic mass is 32.2. The number of pyridine rings is 1. The Morgan fingerprint density at radius 1 is 1.45 bits per heavy atom. The van der Waals surface area contributed by atoms with Crippen LogP contribution in [0.3, 0.4) is 0 Å². The minimum Gasteiger partial charge on any atom is -0.310 e. The van der Waals surface area contributed by atoms with Gasteiger partial charge in [-0.3, -0.25) is 9.78 Å². The fraction of sp³-hybridized carbons (Fsp3) is 0.438. The van der Waals surface area contributed by atoms with Crippen molar-refractivity contribution in [2.24, 2.45) is 5.92 Å². The van der Waals surface area contributed by atoms with E-state index in [1.165, 1.54) is 24.6 Å². The van der Waals surface area contributed by atoms with Crippen molar-refractivity contribution in [1.82, 2.24) is 14.8 Å². The van der Waals surface area contributed by atoms with E-state index in [1.54, 1.807) is 12.4 Å². The summed E-state index contributed by atoms with van der Waals surface area (Å²) in [5.74, 6) is 1.91. The predicted octanol–water partition coefficient (Wildman–Crippen LogP) is 3.29. The molecule has 1 aliphatic rings. The molecule has 6 heteroatoms. The third kappa shape index (κ3) is 3.50. The first-order valence-corrected chi connectivity index (χ1v) is 8.50. The number of anilines is 1. The minimum atomic E-state index is -0.00495. The lowest BCUT2D eigenvalue weighted by atomic mass is 10.2. The molecule has 0 unspecified atom stereocenters. The van der Waals surface area contributed by atoms with Gasteiger partial charge in [-0.05, 0) is 44.7 Å². The van der Waals surface area contributed by atoms with E-state index in [1.807, 2.05) is 29.9 Å². The van der Waals surface area contributed by atoms with Crippen LogP contribution < -0.4 is 5.32 Å². The summed E-state index contributed by atoms with van der Waals surface area (Å²) in [5, 5.41) is 7.45. The Morgan fingerprint density at radius 3 is 2.86 bits per heavy atom. The summed E-state index contributed by atoms with van der Waals surface area (Å²) in [6.07, 6.45) is 7.80. The maximum atomic E-state index is 12.2. The molecule has 1 N–H and O–H groups in total. The van der Waals surface area contributed by atoms with Gasteiger partial charge in [0.15, 0.2) is 0 Å². The van der Waals surface area contributed by atoms with Gasteiger partial charge in [0.2, 0.25) is 5.91 Å². The van der Waals surface area contributed by atoms with Crippen LogP contribution >= 0.6 is 11.8 Å². The normalized spacial score (nSPS) is 15.5. The maximum absolute atomic E-state index is 12.2. The highest BCUT2D eigenvalue weighted by molar-refractivity contribution is 8.00. The molecule has 1 fully saturated rings. The number of thioether (sulfide) groups is 1. The fourth-order valence-corrected chi connectivity index (χ4v) is 3.13. The number of aromatic nitrogens is 3. The lowest BCUT2D eigenvalue weighted by Gasteiger charge is -2.16. The van der Waals surface area contributed by atoms with Crippen LogP contribution in [0.2, 0.25) is 0 Å². The zero-order valence-corrected chi connectivity index (χ0v) is 13.6. The standard InChI is InChI=1S/C16H20N4OS/c1-11-9-18-20(12(2)13-3-4-13)16(11)19-15(21)10-22-14-5-7-17-8-6-14/h5-9,12-13H,3-4,10H2,1-2H3,(H,19,21)/t12-/m0/s1. The molecule has 1 atom stereocenters. The first-order valence-electron chi connectivity index (χ1n) is 7.52. The van der Waals surface area contributed by atoms with Crippen LogP contribution in [0.5, 0.6) is 0 Å². The lowest BCUT2D eigenvalue weighted by Crippen LogP contribution is -2.20. The Bertz CT molecular complexity index is 651. The second-order valence-corrected chi connectivity index (χ2v) is 6.77. The van der Waals surface area contributed by atoms with Gasteiger partial charge in [0.25, 0.3) is 0 Å². The Hall–Kier alpha value is -1.82. The first-order chi connectivity index (χ1) is 10.6. The van der Waals surface area contributed by atoms with Crippen LogP contribution in [-0.2, 0) is 4.79 Å². The van der Waals surface area contributed by atoms with E-state index in [2.05, 4.69) is 22.3 Å². The molecule has 0 aliphatic heterocycles. The molecule has 5 nitrogen and oxygen atoms in total. The van der Waals surface area contributed by atoms with Crippen LogP contribution in [0.4, 0.5) is 5.82 Å². The molecule has 2 aromatic rings. The molecular formula is C16H20N4OS. The van der Waals surface area contributed by atoms with Gasteiger partial charge in [-0.2, -0.15) is 5.10 Å². The Kier molecular flexibility index (Phi) is 4.47. The molecule has 3 rings (SSSR count). The van der Waals surface area contributed by atoms with Crippen molar-refractivity contribution >= 4 is 23.5 Å². The molecule has 2 heterocycles. The second-order valence-electron chi connectivity index (χ2n) is 5.72. The molecule has 0 aromatic carbocycles. The van der Waals surface area contributed by atoms with E-state index in [-0.39, 0.29) is 5.91 Å². The zero-order chi connectivity index (χ0) is 15.5. The number of carbonyl (C=O) groups excluding carboxylic acids is 1. The number of carbonyl (C=O) groups is 1. The number of hydrogen-bond donors (Lipinski definition) is 1. The quantitative estimate of drug-likeness (QED) is 0.831. The van der Waals surface area contributed by atoms with Crippen LogP contribution in [-0.4, -0.2) is 26.4 Å². The average molecular weight is 316 g/mol. The van der Waals surface area contributed by atoms with Gasteiger partial charge in [0.1, 0.15) is 5.82 Å². The molecular weight excluding hydrogens is 296 g/mol. The van der Waals surface area contributed by atoms with Crippen LogP contribution in [0.15, 0.2) is 35.6 Å². The Morgan fingerprint density at radius 2 is 2.18 bits per heavy atom. The van der Waals surface area contributed by atoms with Crippen molar-refractivity contribution in [3.8, 4) is 0 Å². The molecule has 0 bridgehead atoms. The summed E-state index contributed by atoms with van der Waals surface area (Å²) in [6, 6.07) is 4.16. The Balaban J connectivity index is 1.62. The van der Waals surface area contributed by atoms with Gasteiger partial charge < -0.3 is 5.32 Å². The van der Waals surface area contributed by atoms with Gasteiger partial charge in [0.05, 0.1) is 18.0 Å². The Labute approximate surface area is 134 Å². The highest BCUT2D eigenvalue weighted by Crippen LogP contribution is 2.40. The van der Waals surface area contributed by atoms with Crippen LogP contribution in [0, 0.1) is 12.8 Å². The van der Waals surface area contributed by atoms with Crippen molar-refractivity contribution < 1.29 is 4.79 Å². The smallest absolute Gasteiger partial charge is 0.235 e. The molecule has 116 valence electrons. The summed E-state index contributed by atoms with van der Waals surface area (Å²) in [5.41, 5.74) is 1.01. The lowest BCUT2D eigenvalue weighted by molar-refractivity contribution is -0.113. The topological polar surface area (TPSA) is 59.8 Å². The number of rotatable bonds is 6. The molecule has 1 aliphatic carbocycles. The molecule has 22 heavy (non-hydrogen) atoms. The van der Waals surface area contributed by atoms with E-state index in [4.69, 9.17) is 0 Å². The first kappa shape index (κ1) is 15.1. The van der Waals surface area contributed by atoms with E-state index in [9.17, 15) is 4.79 Å². The van der Waals surface area contributed by atoms with Crippen LogP contribution in [0.25, 0.3) is 0 Å². The van der Waals surface area contributed by atoms with Gasteiger partial charge >= 0.3 is 0 Å². The second kappa shape index (κ2) is 6.52. The van der Waals surface area contributed by atoms with Crippen molar-refractivity contribution in [2.45, 2.75) is 37.6 Å². The monoisotopic (exact) mass is 316 g/mol. The molecule has 0 radical (unpaired) electrons. The maximum Gasteiger partial charge on any atom is 0.235 e. The summed E-state index contributed by atoms with van der Waals surface area (Å²) < 4.78 is 1.96. The SMILES string of the molecule is Cc1cnn([C@@H](C)C2CC2)c1NC(=O)CSc1ccncc1. The third-order valence-corrected chi connectivity index (χ3v) is 4.96. The summed E-state index contributed by atoms with van der Waals surface area (Å²) in [7, 11) is 0. The van der Waals surface area contributed by atoms with Crippen molar-refractivity contribution in [1.29, 1.82) is 0 Å². The summed E-state index contributed by atoms with van der Waals surface area (Å²) in [4.78, 5) is 17.2. The zero-order valence-electron chi connectivity index (χ0n) is 12.8. The summed E-state index contributed by atoms with van der Waals surface area (Å²) >= 11 is 1.51. The van der Waals surface area contributed by atoms with Crippen molar-refractivity contribution in [3.05, 3.63) is 36.3 Å². The van der Waals surface area contributed by atoms with Crippen molar-refractivity contribution in [2.75, 3.05) is 11.1 Å². The summed E-state index contributed by atoms with van der Waals surface area (Å²) in [6.45, 7) is 4.15. The molecule has 1 saturated carbocycles. The van der Waals surface area contributed by atoms with E-state index in [0.717, 1.165) is 16.3 Å². The van der Waals surface area contributed by atoms with Gasteiger partial charge in [-0.15, -0.1) is 11.8 Å². The van der Waals surface area contributed by atoms with Gasteiger partial charge in [-0.25, -0.2) is 4.68 Å². The number of aryl methyl sites for hydroxylation is 1. The molecule has 2 aromatic heterocycles. The van der Waals surface area contributed by atoms with Crippen LogP contribution in [0.1, 0.15) is 31.4 Å². The number of nitrogens with one attached hydrogen (secondary N) is 1. The molecule has 1 amide bonds. The highest BCUT2D eigenvalue weighted by Gasteiger charge is 2.31. The van der Waals surface area contributed by atoms with Gasteiger partial charge in [-0.1, -0.05) is 0 Å². The predicted molar refractivity (Wildman–Crippen MR) is 88.0 cm³/mol. The van der Waals surface area contributed by atoms with Crippen molar-refractivity contribution in [3.63, 3.8) is 0 Å². The number of amides is 1. The van der Waals surface area contributed by atoms with E-state index < -0.39 is 0 Å². The van der Waals surface area contributed by atoms with E-state index >= 15 is 0 Å². The number of hydrogen-bond acceptors (Lipinski definition) is 4. The largest absolute Gasteiger partial charge is 0.310 e. The fourth-order valence-electron chi connectivity index (χ4n) is 2.44. The van der Waals surface area contributed by atoms with E-state index in [0.29, 0.717) is 17.7 Å². The molecule has 0 saturated heterocycles. The number of nitrogens with zero attached hydrogens (tertiary/aromatic N) is 3. The minimum absolute atomic E-state index is 0.00495.